The highest BCUT2D eigenvalue weighted by Gasteiger charge is 2.32. The molecule has 144 valence electrons. The van der Waals surface area contributed by atoms with Crippen molar-refractivity contribution in [2.75, 3.05) is 13.6 Å². The Morgan fingerprint density at radius 2 is 2.04 bits per heavy atom. The predicted molar refractivity (Wildman–Crippen MR) is 103 cm³/mol. The molecule has 4 rings (SSSR count). The Balaban J connectivity index is 1.72. The van der Waals surface area contributed by atoms with Crippen LogP contribution in [-0.4, -0.2) is 23.1 Å². The summed E-state index contributed by atoms with van der Waals surface area (Å²) in [6.45, 7) is 4.66. The molecule has 1 aliphatic carbocycles. The van der Waals surface area contributed by atoms with Gasteiger partial charge in [0.05, 0.1) is 5.56 Å². The number of rotatable bonds is 3. The molecule has 0 bridgehead atoms. The number of halogens is 3. The molecule has 1 unspecified atom stereocenters. The topological polar surface area (TPSA) is 8.17 Å². The van der Waals surface area contributed by atoms with Gasteiger partial charge in [0.15, 0.2) is 0 Å². The molecule has 1 aliphatic heterocycles. The molecule has 0 spiro atoms. The third kappa shape index (κ3) is 3.57. The number of alkyl halides is 3. The first-order valence-electron chi connectivity index (χ1n) is 9.60. The zero-order valence-corrected chi connectivity index (χ0v) is 15.8. The van der Waals surface area contributed by atoms with Crippen LogP contribution in [0.1, 0.15) is 36.6 Å². The van der Waals surface area contributed by atoms with Crippen LogP contribution >= 0.6 is 0 Å². The van der Waals surface area contributed by atoms with E-state index in [1.165, 1.54) is 23.4 Å². The van der Waals surface area contributed by atoms with E-state index in [0.29, 0.717) is 12.5 Å². The molecule has 0 N–H and O–H groups in total. The van der Waals surface area contributed by atoms with Crippen molar-refractivity contribution in [3.05, 3.63) is 58.8 Å². The van der Waals surface area contributed by atoms with Gasteiger partial charge < -0.3 is 9.47 Å². The minimum Gasteiger partial charge on any atom is -0.344 e. The van der Waals surface area contributed by atoms with Gasteiger partial charge in [-0.2, -0.15) is 13.2 Å². The van der Waals surface area contributed by atoms with Crippen molar-refractivity contribution in [2.24, 2.45) is 5.92 Å². The molecule has 0 radical (unpaired) electrons. The number of likely N-dealkylation sites (N-methyl/N-ethyl adjacent to an activating group) is 1. The highest BCUT2D eigenvalue weighted by molar-refractivity contribution is 5.86. The maximum atomic E-state index is 13.2. The smallest absolute Gasteiger partial charge is 0.344 e. The van der Waals surface area contributed by atoms with Crippen LogP contribution in [0.15, 0.2) is 42.0 Å². The van der Waals surface area contributed by atoms with E-state index in [4.69, 9.17) is 0 Å². The number of fused-ring (bicyclic) bond motifs is 3. The van der Waals surface area contributed by atoms with Crippen LogP contribution < -0.4 is 0 Å². The first kappa shape index (κ1) is 18.4. The van der Waals surface area contributed by atoms with Gasteiger partial charge in [0, 0.05) is 42.7 Å². The summed E-state index contributed by atoms with van der Waals surface area (Å²) in [5.41, 5.74) is 3.96. The molecule has 5 heteroatoms. The second kappa shape index (κ2) is 6.86. The summed E-state index contributed by atoms with van der Waals surface area (Å²) in [5.74, 6) is 0.588. The molecule has 27 heavy (non-hydrogen) atoms. The number of hydrogen-bond donors (Lipinski definition) is 0. The first-order chi connectivity index (χ1) is 12.8. The number of benzene rings is 1. The molecule has 2 aliphatic rings. The van der Waals surface area contributed by atoms with Crippen LogP contribution in [0, 0.1) is 5.92 Å². The fourth-order valence-corrected chi connectivity index (χ4v) is 4.21. The van der Waals surface area contributed by atoms with E-state index in [1.54, 1.807) is 6.07 Å². The van der Waals surface area contributed by atoms with Crippen LogP contribution in [0.5, 0.6) is 0 Å². The van der Waals surface area contributed by atoms with Crippen LogP contribution in [0.25, 0.3) is 10.9 Å². The van der Waals surface area contributed by atoms with Gasteiger partial charge in [0.1, 0.15) is 0 Å². The van der Waals surface area contributed by atoms with Crippen LogP contribution in [0.2, 0.25) is 0 Å². The van der Waals surface area contributed by atoms with Crippen molar-refractivity contribution < 1.29 is 13.2 Å². The van der Waals surface area contributed by atoms with E-state index in [2.05, 4.69) is 34.6 Å². The quantitative estimate of drug-likeness (QED) is 0.683. The standard InChI is InChI=1S/C22H25F3N2/c1-15-3-5-16(6-4-15)9-12-27-20-8-7-17(22(23,24)25)13-18(20)19-14-26(2)11-10-21(19)27/h3,5-8,13,15H,4,9-12,14H2,1-2H3. The third-order valence-corrected chi connectivity index (χ3v) is 5.79. The monoisotopic (exact) mass is 374 g/mol. The largest absolute Gasteiger partial charge is 0.416 e. The summed E-state index contributed by atoms with van der Waals surface area (Å²) >= 11 is 0. The summed E-state index contributed by atoms with van der Waals surface area (Å²) in [6, 6.07) is 4.21. The summed E-state index contributed by atoms with van der Waals surface area (Å²) in [6.07, 6.45) is 5.28. The lowest BCUT2D eigenvalue weighted by Crippen LogP contribution is -2.27. The number of aryl methyl sites for hydroxylation is 1. The zero-order valence-electron chi connectivity index (χ0n) is 15.8. The molecule has 2 nitrogen and oxygen atoms in total. The minimum absolute atomic E-state index is 0.560. The van der Waals surface area contributed by atoms with Gasteiger partial charge in [-0.25, -0.2) is 0 Å². The molecular weight excluding hydrogens is 349 g/mol. The van der Waals surface area contributed by atoms with E-state index < -0.39 is 11.7 Å². The normalized spacial score (nSPS) is 20.8. The fourth-order valence-electron chi connectivity index (χ4n) is 4.21. The van der Waals surface area contributed by atoms with Crippen LogP contribution in [-0.2, 0) is 25.7 Å². The van der Waals surface area contributed by atoms with E-state index in [1.807, 2.05) is 7.05 Å². The molecule has 1 aromatic heterocycles. The lowest BCUT2D eigenvalue weighted by Gasteiger charge is -2.24. The van der Waals surface area contributed by atoms with Crippen molar-refractivity contribution in [3.8, 4) is 0 Å². The van der Waals surface area contributed by atoms with E-state index in [-0.39, 0.29) is 0 Å². The number of aromatic nitrogens is 1. The van der Waals surface area contributed by atoms with Crippen molar-refractivity contribution in [3.63, 3.8) is 0 Å². The SMILES string of the molecule is CC1C=CC(CCn2c3c(c4cc(C(F)(F)F)ccc42)CN(C)CC3)=CC1. The summed E-state index contributed by atoms with van der Waals surface area (Å²) in [7, 11) is 2.03. The molecule has 2 heterocycles. The molecule has 1 atom stereocenters. The minimum atomic E-state index is -4.31. The highest BCUT2D eigenvalue weighted by Crippen LogP contribution is 2.36. The lowest BCUT2D eigenvalue weighted by molar-refractivity contribution is -0.137. The Hall–Kier alpha value is -2.01. The van der Waals surface area contributed by atoms with Gasteiger partial charge in [0.25, 0.3) is 0 Å². The zero-order chi connectivity index (χ0) is 19.2. The van der Waals surface area contributed by atoms with Crippen molar-refractivity contribution in [1.29, 1.82) is 0 Å². The molecule has 0 amide bonds. The Labute approximate surface area is 158 Å². The fraction of sp³-hybridized carbons (Fsp3) is 0.455. The second-order valence-electron chi connectivity index (χ2n) is 7.90. The van der Waals surface area contributed by atoms with Crippen LogP contribution in [0.3, 0.4) is 0 Å². The van der Waals surface area contributed by atoms with Gasteiger partial charge in [-0.3, -0.25) is 0 Å². The Kier molecular flexibility index (Phi) is 4.66. The van der Waals surface area contributed by atoms with Crippen LogP contribution in [0.4, 0.5) is 13.2 Å². The van der Waals surface area contributed by atoms with Crippen molar-refractivity contribution in [2.45, 2.75) is 45.5 Å². The molecular formula is C22H25F3N2. The summed E-state index contributed by atoms with van der Waals surface area (Å²) < 4.78 is 41.9. The summed E-state index contributed by atoms with van der Waals surface area (Å²) in [4.78, 5) is 2.18. The molecule has 0 saturated heterocycles. The predicted octanol–water partition coefficient (Wildman–Crippen LogP) is 5.56. The van der Waals surface area contributed by atoms with Gasteiger partial charge in [0.2, 0.25) is 0 Å². The number of nitrogens with zero attached hydrogens (tertiary/aromatic N) is 2. The van der Waals surface area contributed by atoms with Gasteiger partial charge in [-0.05, 0) is 49.6 Å². The van der Waals surface area contributed by atoms with Crippen molar-refractivity contribution in [1.82, 2.24) is 9.47 Å². The average Bonchev–Trinajstić information content (AvgIpc) is 2.93. The first-order valence-corrected chi connectivity index (χ1v) is 9.60. The number of hydrogen-bond acceptors (Lipinski definition) is 1. The molecule has 1 aromatic carbocycles. The Morgan fingerprint density at radius 1 is 1.22 bits per heavy atom. The Bertz CT molecular complexity index is 918. The summed E-state index contributed by atoms with van der Waals surface area (Å²) in [5, 5.41) is 0.758. The Morgan fingerprint density at radius 3 is 2.74 bits per heavy atom. The van der Waals surface area contributed by atoms with Gasteiger partial charge >= 0.3 is 6.18 Å². The highest BCUT2D eigenvalue weighted by atomic mass is 19.4. The third-order valence-electron chi connectivity index (χ3n) is 5.79. The lowest BCUT2D eigenvalue weighted by atomic mass is 9.97. The maximum Gasteiger partial charge on any atom is 0.416 e. The maximum absolute atomic E-state index is 13.2. The second-order valence-corrected chi connectivity index (χ2v) is 7.90. The van der Waals surface area contributed by atoms with Gasteiger partial charge in [-0.1, -0.05) is 30.7 Å². The van der Waals surface area contributed by atoms with Crippen molar-refractivity contribution >= 4 is 10.9 Å². The average molecular weight is 374 g/mol. The molecule has 2 aromatic rings. The van der Waals surface area contributed by atoms with E-state index in [9.17, 15) is 13.2 Å². The molecule has 0 fully saturated rings. The van der Waals surface area contributed by atoms with E-state index >= 15 is 0 Å². The number of allylic oxidation sites excluding steroid dienone is 4. The van der Waals surface area contributed by atoms with E-state index in [0.717, 1.165) is 48.8 Å². The van der Waals surface area contributed by atoms with Gasteiger partial charge in [-0.15, -0.1) is 0 Å². The molecule has 0 saturated carbocycles.